The standard InChI is InChI=1S/C13H14N2/c14-11-6-3-5-10-8-9-4-1-2-7-12(9)15-13(10)11/h1-2,4-5,7,15H,3,6,8,14H2. The minimum atomic E-state index is 0.980. The summed E-state index contributed by atoms with van der Waals surface area (Å²) in [5.41, 5.74) is 12.1. The number of rotatable bonds is 0. The van der Waals surface area contributed by atoms with Crippen molar-refractivity contribution in [3.05, 3.63) is 52.9 Å². The van der Waals surface area contributed by atoms with Crippen molar-refractivity contribution in [2.24, 2.45) is 5.73 Å². The van der Waals surface area contributed by atoms with Gasteiger partial charge < -0.3 is 11.1 Å². The Labute approximate surface area is 89.5 Å². The largest absolute Gasteiger partial charge is 0.400 e. The number of allylic oxidation sites excluding steroid dienone is 3. The molecule has 0 saturated heterocycles. The van der Waals surface area contributed by atoms with E-state index in [4.69, 9.17) is 5.73 Å². The minimum absolute atomic E-state index is 0.980. The third-order valence-corrected chi connectivity index (χ3v) is 3.10. The lowest BCUT2D eigenvalue weighted by Gasteiger charge is -2.27. The van der Waals surface area contributed by atoms with Gasteiger partial charge in [-0.3, -0.25) is 0 Å². The summed E-state index contributed by atoms with van der Waals surface area (Å²) in [6.07, 6.45) is 5.37. The SMILES string of the molecule is NC1=C2Nc3ccccc3CC2=CCC1. The van der Waals surface area contributed by atoms with Crippen LogP contribution in [0.5, 0.6) is 0 Å². The lowest BCUT2D eigenvalue weighted by molar-refractivity contribution is 0.879. The molecular weight excluding hydrogens is 184 g/mol. The molecule has 1 heterocycles. The van der Waals surface area contributed by atoms with Gasteiger partial charge in [0.25, 0.3) is 0 Å². The van der Waals surface area contributed by atoms with Gasteiger partial charge >= 0.3 is 0 Å². The molecule has 0 amide bonds. The van der Waals surface area contributed by atoms with Crippen LogP contribution < -0.4 is 11.1 Å². The molecule has 0 saturated carbocycles. The Balaban J connectivity index is 2.10. The molecule has 0 aromatic heterocycles. The van der Waals surface area contributed by atoms with E-state index in [2.05, 4.69) is 35.7 Å². The Morgan fingerprint density at radius 2 is 2.07 bits per heavy atom. The zero-order valence-corrected chi connectivity index (χ0v) is 8.59. The van der Waals surface area contributed by atoms with Crippen LogP contribution in [0, 0.1) is 0 Å². The smallest absolute Gasteiger partial charge is 0.0607 e. The van der Waals surface area contributed by atoms with Crippen LogP contribution in [-0.2, 0) is 6.42 Å². The van der Waals surface area contributed by atoms with Gasteiger partial charge in [-0.15, -0.1) is 0 Å². The predicted octanol–water partition coefficient (Wildman–Crippen LogP) is 2.55. The van der Waals surface area contributed by atoms with Crippen LogP contribution in [0.1, 0.15) is 18.4 Å². The molecule has 15 heavy (non-hydrogen) atoms. The van der Waals surface area contributed by atoms with E-state index in [1.54, 1.807) is 0 Å². The lowest BCUT2D eigenvalue weighted by atomic mass is 9.90. The Hall–Kier alpha value is -1.70. The fraction of sp³-hybridized carbons (Fsp3) is 0.231. The normalized spacial score (nSPS) is 18.8. The second kappa shape index (κ2) is 3.16. The maximum Gasteiger partial charge on any atom is 0.0607 e. The summed E-state index contributed by atoms with van der Waals surface area (Å²) in [5.74, 6) is 0. The topological polar surface area (TPSA) is 38.0 Å². The average Bonchev–Trinajstić information content (AvgIpc) is 2.27. The molecule has 76 valence electrons. The molecule has 3 N–H and O–H groups in total. The molecule has 0 radical (unpaired) electrons. The van der Waals surface area contributed by atoms with E-state index >= 15 is 0 Å². The molecule has 0 bridgehead atoms. The number of hydrogen-bond acceptors (Lipinski definition) is 2. The van der Waals surface area contributed by atoms with Gasteiger partial charge in [0, 0.05) is 17.8 Å². The van der Waals surface area contributed by atoms with Crippen LogP contribution in [0.25, 0.3) is 0 Å². The van der Waals surface area contributed by atoms with Crippen molar-refractivity contribution in [1.82, 2.24) is 0 Å². The second-order valence-corrected chi connectivity index (χ2v) is 4.13. The van der Waals surface area contributed by atoms with Gasteiger partial charge in [-0.2, -0.15) is 0 Å². The van der Waals surface area contributed by atoms with Gasteiger partial charge in [0.2, 0.25) is 0 Å². The first-order valence-electron chi connectivity index (χ1n) is 5.37. The maximum absolute atomic E-state index is 6.02. The van der Waals surface area contributed by atoms with Crippen molar-refractivity contribution < 1.29 is 0 Å². The zero-order valence-electron chi connectivity index (χ0n) is 8.59. The first-order chi connectivity index (χ1) is 7.34. The number of para-hydroxylation sites is 1. The Morgan fingerprint density at radius 1 is 1.20 bits per heavy atom. The highest BCUT2D eigenvalue weighted by atomic mass is 14.9. The van der Waals surface area contributed by atoms with E-state index in [9.17, 15) is 0 Å². The highest BCUT2D eigenvalue weighted by Gasteiger charge is 2.20. The summed E-state index contributed by atoms with van der Waals surface area (Å²) < 4.78 is 0. The zero-order chi connectivity index (χ0) is 10.3. The van der Waals surface area contributed by atoms with E-state index in [0.717, 1.165) is 30.7 Å². The fourth-order valence-electron chi connectivity index (χ4n) is 2.29. The van der Waals surface area contributed by atoms with Crippen molar-refractivity contribution >= 4 is 5.69 Å². The molecule has 1 aromatic carbocycles. The van der Waals surface area contributed by atoms with Crippen molar-refractivity contribution in [2.75, 3.05) is 5.32 Å². The summed E-state index contributed by atoms with van der Waals surface area (Å²) >= 11 is 0. The summed E-state index contributed by atoms with van der Waals surface area (Å²) in [6.45, 7) is 0. The van der Waals surface area contributed by atoms with Crippen LogP contribution in [0.4, 0.5) is 5.69 Å². The lowest BCUT2D eigenvalue weighted by Crippen LogP contribution is -2.20. The van der Waals surface area contributed by atoms with Crippen LogP contribution in [0.3, 0.4) is 0 Å². The molecule has 0 atom stereocenters. The third-order valence-electron chi connectivity index (χ3n) is 3.10. The van der Waals surface area contributed by atoms with E-state index < -0.39 is 0 Å². The predicted molar refractivity (Wildman–Crippen MR) is 62.3 cm³/mol. The second-order valence-electron chi connectivity index (χ2n) is 4.13. The maximum atomic E-state index is 6.02. The number of nitrogens with two attached hydrogens (primary N) is 1. The molecule has 2 aliphatic rings. The number of anilines is 1. The Morgan fingerprint density at radius 3 is 3.00 bits per heavy atom. The number of hydrogen-bond donors (Lipinski definition) is 2. The number of fused-ring (bicyclic) bond motifs is 2. The summed E-state index contributed by atoms with van der Waals surface area (Å²) in [4.78, 5) is 0. The molecule has 3 rings (SSSR count). The average molecular weight is 198 g/mol. The number of benzene rings is 1. The monoisotopic (exact) mass is 198 g/mol. The Kier molecular flexibility index (Phi) is 1.81. The van der Waals surface area contributed by atoms with Gasteiger partial charge in [-0.1, -0.05) is 24.3 Å². The van der Waals surface area contributed by atoms with Gasteiger partial charge in [0.05, 0.1) is 5.70 Å². The van der Waals surface area contributed by atoms with E-state index in [-0.39, 0.29) is 0 Å². The first kappa shape index (κ1) is 8.60. The van der Waals surface area contributed by atoms with Crippen molar-refractivity contribution in [1.29, 1.82) is 0 Å². The molecule has 0 spiro atoms. The van der Waals surface area contributed by atoms with Gasteiger partial charge in [0.1, 0.15) is 0 Å². The summed E-state index contributed by atoms with van der Waals surface area (Å²) in [7, 11) is 0. The third kappa shape index (κ3) is 1.33. The van der Waals surface area contributed by atoms with Crippen molar-refractivity contribution in [3.8, 4) is 0 Å². The fourth-order valence-corrected chi connectivity index (χ4v) is 2.29. The van der Waals surface area contributed by atoms with E-state index in [0.29, 0.717) is 0 Å². The molecule has 1 aromatic rings. The van der Waals surface area contributed by atoms with Gasteiger partial charge in [-0.05, 0) is 30.0 Å². The summed E-state index contributed by atoms with van der Waals surface area (Å²) in [5, 5.41) is 3.44. The molecule has 1 aliphatic heterocycles. The van der Waals surface area contributed by atoms with Gasteiger partial charge in [-0.25, -0.2) is 0 Å². The molecule has 1 aliphatic carbocycles. The van der Waals surface area contributed by atoms with E-state index in [1.807, 2.05) is 0 Å². The minimum Gasteiger partial charge on any atom is -0.400 e. The first-order valence-corrected chi connectivity index (χ1v) is 5.37. The molecule has 2 heteroatoms. The quantitative estimate of drug-likeness (QED) is 0.672. The highest BCUT2D eigenvalue weighted by Crippen LogP contribution is 2.33. The molecular formula is C13H14N2. The Bertz CT molecular complexity index is 469. The van der Waals surface area contributed by atoms with E-state index in [1.165, 1.54) is 16.8 Å². The van der Waals surface area contributed by atoms with Gasteiger partial charge in [0.15, 0.2) is 0 Å². The van der Waals surface area contributed by atoms with Crippen LogP contribution in [-0.4, -0.2) is 0 Å². The van der Waals surface area contributed by atoms with Crippen LogP contribution in [0.2, 0.25) is 0 Å². The molecule has 0 unspecified atom stereocenters. The molecule has 0 fully saturated rings. The highest BCUT2D eigenvalue weighted by molar-refractivity contribution is 5.65. The number of nitrogens with one attached hydrogen (secondary N) is 1. The molecule has 2 nitrogen and oxygen atoms in total. The van der Waals surface area contributed by atoms with Crippen LogP contribution in [0.15, 0.2) is 47.3 Å². The summed E-state index contributed by atoms with van der Waals surface area (Å²) in [6, 6.07) is 8.42. The van der Waals surface area contributed by atoms with Crippen molar-refractivity contribution in [2.45, 2.75) is 19.3 Å². The van der Waals surface area contributed by atoms with Crippen LogP contribution >= 0.6 is 0 Å². The van der Waals surface area contributed by atoms with Crippen molar-refractivity contribution in [3.63, 3.8) is 0 Å².